The van der Waals surface area contributed by atoms with Gasteiger partial charge in [0, 0.05) is 31.9 Å². The maximum absolute atomic E-state index is 12.8. The minimum atomic E-state index is -3.81. The van der Waals surface area contributed by atoms with Crippen molar-refractivity contribution in [2.45, 2.75) is 11.5 Å². The highest BCUT2D eigenvalue weighted by Crippen LogP contribution is 2.29. The minimum absolute atomic E-state index is 0.0451. The van der Waals surface area contributed by atoms with Crippen molar-refractivity contribution in [3.63, 3.8) is 0 Å². The van der Waals surface area contributed by atoms with Gasteiger partial charge in [0.15, 0.2) is 23.9 Å². The zero-order valence-corrected chi connectivity index (χ0v) is 18.6. The summed E-state index contributed by atoms with van der Waals surface area (Å²) in [5, 5.41) is 0. The average Bonchev–Trinajstić information content (AvgIpc) is 3.20. The van der Waals surface area contributed by atoms with Gasteiger partial charge >= 0.3 is 12.6 Å². The fraction of sp³-hybridized carbons (Fsp3) is 0.400. The quantitative estimate of drug-likeness (QED) is 0.387. The van der Waals surface area contributed by atoms with Gasteiger partial charge in [-0.15, -0.1) is 0 Å². The van der Waals surface area contributed by atoms with E-state index in [0.717, 1.165) is 6.07 Å². The van der Waals surface area contributed by atoms with Gasteiger partial charge in [-0.25, -0.2) is 13.2 Å². The first-order valence-corrected chi connectivity index (χ1v) is 11.1. The van der Waals surface area contributed by atoms with E-state index < -0.39 is 35.0 Å². The number of nitrogens with zero attached hydrogens (tertiary/aromatic N) is 2. The van der Waals surface area contributed by atoms with Crippen molar-refractivity contribution in [2.24, 2.45) is 7.05 Å². The van der Waals surface area contributed by atoms with Crippen LogP contribution in [0.2, 0.25) is 0 Å². The Morgan fingerprint density at radius 1 is 1.15 bits per heavy atom. The van der Waals surface area contributed by atoms with Crippen molar-refractivity contribution < 1.29 is 45.7 Å². The van der Waals surface area contributed by atoms with Gasteiger partial charge in [0.1, 0.15) is 10.6 Å². The van der Waals surface area contributed by atoms with Crippen LogP contribution in [0, 0.1) is 0 Å². The topological polar surface area (TPSA) is 113 Å². The van der Waals surface area contributed by atoms with E-state index in [2.05, 4.69) is 4.74 Å². The highest BCUT2D eigenvalue weighted by atomic mass is 32.2. The van der Waals surface area contributed by atoms with Gasteiger partial charge in [0.25, 0.3) is 0 Å². The Morgan fingerprint density at radius 3 is 2.48 bits per heavy atom. The zero-order valence-electron chi connectivity index (χ0n) is 17.8. The number of aryl methyl sites for hydroxylation is 1. The Morgan fingerprint density at radius 2 is 1.85 bits per heavy atom. The van der Waals surface area contributed by atoms with Crippen LogP contribution in [0.3, 0.4) is 0 Å². The Balaban J connectivity index is 1.68. The van der Waals surface area contributed by atoms with E-state index in [1.165, 1.54) is 47.4 Å². The van der Waals surface area contributed by atoms with Crippen molar-refractivity contribution in [3.8, 4) is 11.5 Å². The lowest BCUT2D eigenvalue weighted by Gasteiger charge is -2.25. The molecule has 3 rings (SSSR count). The molecule has 1 aliphatic heterocycles. The van der Waals surface area contributed by atoms with Crippen LogP contribution in [0.25, 0.3) is 0 Å². The van der Waals surface area contributed by atoms with Gasteiger partial charge in [-0.3, -0.25) is 4.79 Å². The molecule has 2 aromatic rings. The van der Waals surface area contributed by atoms with Gasteiger partial charge in [0.2, 0.25) is 10.0 Å². The van der Waals surface area contributed by atoms with Crippen LogP contribution in [-0.4, -0.2) is 75.7 Å². The van der Waals surface area contributed by atoms with Crippen LogP contribution >= 0.6 is 0 Å². The number of ketones is 1. The number of morpholine rings is 1. The van der Waals surface area contributed by atoms with Crippen molar-refractivity contribution in [1.29, 1.82) is 0 Å². The molecule has 0 saturated carbocycles. The van der Waals surface area contributed by atoms with Gasteiger partial charge in [0.05, 0.1) is 20.3 Å². The molecule has 1 saturated heterocycles. The van der Waals surface area contributed by atoms with Gasteiger partial charge in [-0.05, 0) is 24.3 Å². The molecular weight excluding hydrogens is 466 g/mol. The number of halogens is 2. The number of rotatable bonds is 9. The van der Waals surface area contributed by atoms with E-state index in [1.807, 2.05) is 0 Å². The first-order chi connectivity index (χ1) is 15.6. The summed E-state index contributed by atoms with van der Waals surface area (Å²) < 4.78 is 72.4. The first-order valence-electron chi connectivity index (χ1n) is 9.71. The van der Waals surface area contributed by atoms with Crippen molar-refractivity contribution in [3.05, 3.63) is 41.7 Å². The second kappa shape index (κ2) is 10.3. The summed E-state index contributed by atoms with van der Waals surface area (Å²) in [5.41, 5.74) is -0.0170. The molecule has 10 nitrogen and oxygen atoms in total. The fourth-order valence-electron chi connectivity index (χ4n) is 3.14. The highest BCUT2D eigenvalue weighted by Gasteiger charge is 2.29. The molecular formula is C20H22F2N2O8S. The lowest BCUT2D eigenvalue weighted by atomic mass is 10.1. The molecule has 180 valence electrons. The molecule has 33 heavy (non-hydrogen) atoms. The number of benzene rings is 1. The molecule has 0 spiro atoms. The lowest BCUT2D eigenvalue weighted by molar-refractivity contribution is -0.0512. The van der Waals surface area contributed by atoms with Gasteiger partial charge < -0.3 is 23.5 Å². The maximum Gasteiger partial charge on any atom is 0.387 e. The van der Waals surface area contributed by atoms with Crippen molar-refractivity contribution >= 4 is 21.8 Å². The van der Waals surface area contributed by atoms with Crippen LogP contribution < -0.4 is 9.47 Å². The molecule has 0 aliphatic carbocycles. The van der Waals surface area contributed by atoms with Gasteiger partial charge in [-0.1, -0.05) is 0 Å². The molecule has 0 bridgehead atoms. The number of alkyl halides is 2. The van der Waals surface area contributed by atoms with Crippen molar-refractivity contribution in [2.75, 3.05) is 40.0 Å². The van der Waals surface area contributed by atoms with E-state index in [9.17, 15) is 26.8 Å². The van der Waals surface area contributed by atoms with Crippen LogP contribution in [0.1, 0.15) is 20.8 Å². The second-order valence-electron chi connectivity index (χ2n) is 6.93. The molecule has 1 aromatic heterocycles. The largest absolute Gasteiger partial charge is 0.493 e. The summed E-state index contributed by atoms with van der Waals surface area (Å²) in [5.74, 6) is -1.87. The van der Waals surface area contributed by atoms with Crippen LogP contribution in [0.5, 0.6) is 11.5 Å². The summed E-state index contributed by atoms with van der Waals surface area (Å²) in [6, 6.07) is 4.73. The van der Waals surface area contributed by atoms with Crippen LogP contribution in [-0.2, 0) is 26.5 Å². The van der Waals surface area contributed by atoms with E-state index in [0.29, 0.717) is 0 Å². The Kier molecular flexibility index (Phi) is 7.66. The standard InChI is InChI=1S/C20H22F2N2O8S/c1-23-11-14(33(27,28)24-5-7-30-8-6-24)10-15(23)19(26)31-12-16(25)13-3-4-17(32-20(21)22)18(9-13)29-2/h3-4,9-11,20H,5-8,12H2,1-2H3. The number of methoxy groups -OCH3 is 1. The number of hydrogen-bond acceptors (Lipinski definition) is 8. The SMILES string of the molecule is COc1cc(C(=O)COC(=O)c2cc(S(=O)(=O)N3CCOCC3)cn2C)ccc1OC(F)F. The molecule has 1 aromatic carbocycles. The number of Topliss-reactive ketones (excluding diaryl/α,β-unsaturated/α-hetero) is 1. The predicted octanol–water partition coefficient (Wildman–Crippen LogP) is 1.70. The summed E-state index contributed by atoms with van der Waals surface area (Å²) in [7, 11) is -1.12. The van der Waals surface area contributed by atoms with Crippen molar-refractivity contribution in [1.82, 2.24) is 8.87 Å². The number of esters is 1. The Labute approximate surface area is 188 Å². The Hall–Kier alpha value is -3.03. The van der Waals surface area contributed by atoms with E-state index in [-0.39, 0.29) is 54.0 Å². The van der Waals surface area contributed by atoms with Crippen LogP contribution in [0.4, 0.5) is 8.78 Å². The smallest absolute Gasteiger partial charge is 0.387 e. The monoisotopic (exact) mass is 488 g/mol. The lowest BCUT2D eigenvalue weighted by Crippen LogP contribution is -2.40. The van der Waals surface area contributed by atoms with Gasteiger partial charge in [-0.2, -0.15) is 13.1 Å². The third-order valence-electron chi connectivity index (χ3n) is 4.83. The third-order valence-corrected chi connectivity index (χ3v) is 6.70. The van der Waals surface area contributed by atoms with E-state index >= 15 is 0 Å². The summed E-state index contributed by atoms with van der Waals surface area (Å²) in [6.07, 6.45) is 1.29. The number of hydrogen-bond donors (Lipinski definition) is 0. The number of carbonyl (C=O) groups is 2. The molecule has 0 atom stereocenters. The fourth-order valence-corrected chi connectivity index (χ4v) is 4.62. The third kappa shape index (κ3) is 5.67. The van der Waals surface area contributed by atoms with Crippen LogP contribution in [0.15, 0.2) is 35.4 Å². The minimum Gasteiger partial charge on any atom is -0.493 e. The summed E-state index contributed by atoms with van der Waals surface area (Å²) in [4.78, 5) is 24.8. The molecule has 0 N–H and O–H groups in total. The maximum atomic E-state index is 12.8. The molecule has 1 aliphatic rings. The van der Waals surface area contributed by atoms with E-state index in [4.69, 9.17) is 14.2 Å². The second-order valence-corrected chi connectivity index (χ2v) is 8.87. The molecule has 0 radical (unpaired) electrons. The molecule has 0 unspecified atom stereocenters. The summed E-state index contributed by atoms with van der Waals surface area (Å²) >= 11 is 0. The highest BCUT2D eigenvalue weighted by molar-refractivity contribution is 7.89. The molecule has 1 fully saturated rings. The van der Waals surface area contributed by atoms with E-state index in [1.54, 1.807) is 0 Å². The number of ether oxygens (including phenoxy) is 4. The number of sulfonamides is 1. The summed E-state index contributed by atoms with van der Waals surface area (Å²) in [6.45, 7) is -2.75. The number of aromatic nitrogens is 1. The number of carbonyl (C=O) groups excluding carboxylic acids is 2. The Bertz CT molecular complexity index is 1130. The average molecular weight is 488 g/mol. The molecule has 0 amide bonds. The normalized spacial score (nSPS) is 14.8. The predicted molar refractivity (Wildman–Crippen MR) is 109 cm³/mol. The zero-order chi connectivity index (χ0) is 24.2. The molecule has 13 heteroatoms. The first kappa shape index (κ1) is 24.6. The molecule has 2 heterocycles.